The third kappa shape index (κ3) is 13.8. The van der Waals surface area contributed by atoms with Crippen molar-refractivity contribution in [3.05, 3.63) is 91.0 Å². The summed E-state index contributed by atoms with van der Waals surface area (Å²) in [6.45, 7) is 17.7. The minimum atomic E-state index is -1.93. The average molecular weight is 898 g/mol. The molecule has 4 aromatic carbocycles. The molecule has 4 rings (SSSR count). The molecular formula is C54H85NO2P2Si2. The van der Waals surface area contributed by atoms with E-state index in [1.807, 2.05) is 14.2 Å². The fraction of sp³-hybridized carbons (Fsp3) is 0.556. The van der Waals surface area contributed by atoms with Crippen molar-refractivity contribution in [2.75, 3.05) is 25.4 Å². The molecule has 0 aromatic heterocycles. The molecule has 0 aliphatic heterocycles. The number of ether oxygens (including phenoxy) is 2. The lowest BCUT2D eigenvalue weighted by Crippen LogP contribution is -2.49. The molecule has 61 heavy (non-hydrogen) atoms. The van der Waals surface area contributed by atoms with Crippen LogP contribution in [0.5, 0.6) is 11.5 Å². The first-order valence-corrected chi connectivity index (χ1v) is 33.1. The van der Waals surface area contributed by atoms with Crippen LogP contribution in [0.4, 0.5) is 5.69 Å². The van der Waals surface area contributed by atoms with Crippen molar-refractivity contribution in [3.63, 3.8) is 0 Å². The minimum Gasteiger partial charge on any atom is -0.496 e. The van der Waals surface area contributed by atoms with E-state index >= 15 is 0 Å². The Hall–Kier alpha value is -2.43. The van der Waals surface area contributed by atoms with Gasteiger partial charge < -0.3 is 14.1 Å². The van der Waals surface area contributed by atoms with Crippen molar-refractivity contribution in [2.45, 2.75) is 175 Å². The lowest BCUT2D eigenvalue weighted by atomic mass is 10.0. The molecule has 336 valence electrons. The van der Waals surface area contributed by atoms with E-state index in [4.69, 9.17) is 9.47 Å². The van der Waals surface area contributed by atoms with Gasteiger partial charge in [-0.1, -0.05) is 251 Å². The van der Waals surface area contributed by atoms with E-state index in [9.17, 15) is 0 Å². The van der Waals surface area contributed by atoms with Gasteiger partial charge in [-0.05, 0) is 43.8 Å². The van der Waals surface area contributed by atoms with E-state index in [2.05, 4.69) is 144 Å². The van der Waals surface area contributed by atoms with E-state index in [1.54, 1.807) is 10.4 Å². The maximum Gasteiger partial charge on any atom is 0.142 e. The molecule has 0 bridgehead atoms. The standard InChI is InChI=1S/C54H85NO2P2Si2/c1-10-17-38-55(49-33-25-27-35-51(49)57-9)59(46-30-28-31-47(45-46)60(39-18-11-2,40-19-12-3)41-20-13-4)58-52-36-29-37-53(54(52)48-32-24-26-34-50(48)56-8)61(42-21-14-5,43-22-15-6)44-23-16-7/h24-37,45,58H,10-23,38-44H2,1-9H3. The molecule has 0 fully saturated rings. The molecule has 0 heterocycles. The van der Waals surface area contributed by atoms with Crippen molar-refractivity contribution in [2.24, 2.45) is 0 Å². The molecule has 2 unspecified atom stereocenters. The summed E-state index contributed by atoms with van der Waals surface area (Å²) in [6, 6.07) is 44.1. The summed E-state index contributed by atoms with van der Waals surface area (Å²) in [4.78, 5) is 0. The molecule has 0 N–H and O–H groups in total. The summed E-state index contributed by atoms with van der Waals surface area (Å²) < 4.78 is 15.3. The minimum absolute atomic E-state index is 0.593. The van der Waals surface area contributed by atoms with Gasteiger partial charge in [0, 0.05) is 25.2 Å². The Kier molecular flexibility index (Phi) is 23.2. The topological polar surface area (TPSA) is 21.7 Å². The first-order valence-electron chi connectivity index (χ1n) is 24.7. The smallest absolute Gasteiger partial charge is 0.142 e. The number of hydrogen-bond acceptors (Lipinski definition) is 3. The highest BCUT2D eigenvalue weighted by Crippen LogP contribution is 2.60. The predicted octanol–water partition coefficient (Wildman–Crippen LogP) is 15.7. The summed E-state index contributed by atoms with van der Waals surface area (Å²) in [5.74, 6) is 1.98. The average Bonchev–Trinajstić information content (AvgIpc) is 3.31. The molecule has 0 spiro atoms. The second-order valence-corrected chi connectivity index (χ2v) is 31.3. The molecule has 0 aliphatic carbocycles. The van der Waals surface area contributed by atoms with Gasteiger partial charge in [-0.15, -0.1) is 0 Å². The van der Waals surface area contributed by atoms with E-state index in [0.29, 0.717) is 8.27 Å². The molecular weight excluding hydrogens is 813 g/mol. The number of para-hydroxylation sites is 3. The van der Waals surface area contributed by atoms with Crippen molar-refractivity contribution in [1.82, 2.24) is 0 Å². The lowest BCUT2D eigenvalue weighted by Gasteiger charge is -2.38. The second-order valence-electron chi connectivity index (χ2n) is 17.7. The predicted molar refractivity (Wildman–Crippen MR) is 284 cm³/mol. The molecule has 0 radical (unpaired) electrons. The number of nitrogens with zero attached hydrogens (tertiary/aromatic N) is 1. The SMILES string of the molecule is CCCCN(c1ccccc1OC)P(Pc1cccc([Si](CCCC)(CCCC)CCCC)c1-c1ccccc1OC)c1cccc([Si](CCCC)(CCCC)CCCC)c1. The van der Waals surface area contributed by atoms with Gasteiger partial charge >= 0.3 is 0 Å². The largest absolute Gasteiger partial charge is 0.496 e. The van der Waals surface area contributed by atoms with Crippen LogP contribution in [-0.4, -0.2) is 36.9 Å². The van der Waals surface area contributed by atoms with Crippen LogP contribution < -0.4 is 35.1 Å². The van der Waals surface area contributed by atoms with Crippen molar-refractivity contribution < 1.29 is 9.47 Å². The summed E-state index contributed by atoms with van der Waals surface area (Å²) in [5, 5.41) is 6.47. The zero-order valence-electron chi connectivity index (χ0n) is 40.2. The van der Waals surface area contributed by atoms with Crippen LogP contribution in [0, 0.1) is 0 Å². The van der Waals surface area contributed by atoms with Gasteiger partial charge in [-0.25, -0.2) is 0 Å². The van der Waals surface area contributed by atoms with Gasteiger partial charge in [0.2, 0.25) is 0 Å². The number of benzene rings is 4. The Balaban J connectivity index is 2.12. The molecule has 0 amide bonds. The highest BCUT2D eigenvalue weighted by atomic mass is 32.1. The van der Waals surface area contributed by atoms with Crippen LogP contribution in [-0.2, 0) is 0 Å². The first-order chi connectivity index (χ1) is 29.9. The first kappa shape index (κ1) is 51.2. The quantitative estimate of drug-likeness (QED) is 0.0371. The third-order valence-corrected chi connectivity index (χ3v) is 29.7. The maximum absolute atomic E-state index is 6.31. The highest BCUT2D eigenvalue weighted by molar-refractivity contribution is 8.28. The van der Waals surface area contributed by atoms with E-state index in [1.165, 1.54) is 141 Å². The number of methoxy groups -OCH3 is 2. The third-order valence-electron chi connectivity index (χ3n) is 13.3. The summed E-state index contributed by atoms with van der Waals surface area (Å²) in [7, 11) is -0.192. The molecule has 4 aromatic rings. The lowest BCUT2D eigenvalue weighted by molar-refractivity contribution is 0.415. The van der Waals surface area contributed by atoms with Crippen molar-refractivity contribution in [1.29, 1.82) is 0 Å². The fourth-order valence-electron chi connectivity index (χ4n) is 9.73. The van der Waals surface area contributed by atoms with Crippen LogP contribution in [0.2, 0.25) is 36.3 Å². The normalized spacial score (nSPS) is 12.6. The summed E-state index contributed by atoms with van der Waals surface area (Å²) >= 11 is 0. The summed E-state index contributed by atoms with van der Waals surface area (Å²) in [6.07, 6.45) is 17.9. The molecule has 0 saturated carbocycles. The van der Waals surface area contributed by atoms with Crippen molar-refractivity contribution >= 4 is 58.8 Å². The van der Waals surface area contributed by atoms with Gasteiger partial charge in [0.1, 0.15) is 11.5 Å². The Labute approximate surface area is 380 Å². The number of rotatable bonds is 31. The molecule has 0 saturated heterocycles. The van der Waals surface area contributed by atoms with E-state index in [-0.39, 0.29) is 0 Å². The monoisotopic (exact) mass is 898 g/mol. The Morgan fingerprint density at radius 2 is 1.00 bits per heavy atom. The summed E-state index contributed by atoms with van der Waals surface area (Å²) in [5.41, 5.74) is 4.03. The molecule has 0 aliphatic rings. The Morgan fingerprint density at radius 3 is 1.54 bits per heavy atom. The zero-order valence-corrected chi connectivity index (χ0v) is 44.1. The van der Waals surface area contributed by atoms with Crippen LogP contribution in [0.3, 0.4) is 0 Å². The zero-order chi connectivity index (χ0) is 43.9. The van der Waals surface area contributed by atoms with Gasteiger partial charge in [0.25, 0.3) is 0 Å². The van der Waals surface area contributed by atoms with Crippen LogP contribution in [0.15, 0.2) is 91.0 Å². The van der Waals surface area contributed by atoms with Crippen LogP contribution in [0.25, 0.3) is 11.1 Å². The van der Waals surface area contributed by atoms with Crippen molar-refractivity contribution in [3.8, 4) is 22.6 Å². The number of anilines is 1. The molecule has 3 nitrogen and oxygen atoms in total. The van der Waals surface area contributed by atoms with E-state index in [0.717, 1.165) is 30.9 Å². The highest BCUT2D eigenvalue weighted by Gasteiger charge is 2.38. The molecule has 2 atom stereocenters. The number of hydrogen-bond donors (Lipinski definition) is 0. The van der Waals surface area contributed by atoms with Gasteiger partial charge in [-0.2, -0.15) is 0 Å². The van der Waals surface area contributed by atoms with E-state index < -0.39 is 23.9 Å². The second kappa shape index (κ2) is 27.7. The van der Waals surface area contributed by atoms with Gasteiger partial charge in [0.05, 0.1) is 36.1 Å². The van der Waals surface area contributed by atoms with Gasteiger partial charge in [0.15, 0.2) is 0 Å². The van der Waals surface area contributed by atoms with Crippen LogP contribution >= 0.6 is 16.0 Å². The van der Waals surface area contributed by atoms with Gasteiger partial charge in [-0.3, -0.25) is 0 Å². The number of unbranched alkanes of at least 4 members (excludes halogenated alkanes) is 7. The van der Waals surface area contributed by atoms with Crippen LogP contribution in [0.1, 0.15) is 138 Å². The molecule has 7 heteroatoms. The maximum atomic E-state index is 6.31. The Morgan fingerprint density at radius 1 is 0.508 bits per heavy atom. The fourth-order valence-corrected chi connectivity index (χ4v) is 27.0. The Bertz CT molecular complexity index is 1790.